The molecule has 0 aromatic heterocycles. The number of carbonyl (C=O) groups is 2. The molecule has 0 bridgehead atoms. The minimum atomic E-state index is -1.39. The molecule has 0 amide bonds. The third kappa shape index (κ3) is 6.09. The molecule has 0 rings (SSSR count). The first-order chi connectivity index (χ1) is 5.93. The summed E-state index contributed by atoms with van der Waals surface area (Å²) in [7, 11) is -1.39. The van der Waals surface area contributed by atoms with E-state index >= 15 is 0 Å². The van der Waals surface area contributed by atoms with Crippen molar-refractivity contribution in [2.24, 2.45) is 0 Å². The fourth-order valence-electron chi connectivity index (χ4n) is 0.657. The Hall–Kier alpha value is -1.10. The van der Waals surface area contributed by atoms with Gasteiger partial charge in [0, 0.05) is 12.0 Å². The van der Waals surface area contributed by atoms with Crippen LogP contribution >= 0.6 is 0 Å². The van der Waals surface area contributed by atoms with E-state index in [1.807, 2.05) is 13.1 Å². The summed E-state index contributed by atoms with van der Waals surface area (Å²) in [5, 5.41) is 8.34. The first kappa shape index (κ1) is 11.9. The van der Waals surface area contributed by atoms with Crippen LogP contribution in [0.15, 0.2) is 12.2 Å². The number of rotatable bonds is 5. The van der Waals surface area contributed by atoms with Gasteiger partial charge in [0.25, 0.3) is 0 Å². The molecule has 0 fully saturated rings. The van der Waals surface area contributed by atoms with Crippen LogP contribution in [0.1, 0.15) is 12.8 Å². The number of hydrogen-bond acceptors (Lipinski definition) is 3. The van der Waals surface area contributed by atoms with Crippen molar-refractivity contribution < 1.29 is 19.1 Å². The minimum absolute atomic E-state index is 0.0758. The minimum Gasteiger partial charge on any atom is -0.519 e. The van der Waals surface area contributed by atoms with Gasteiger partial charge in [-0.2, -0.15) is 0 Å². The lowest BCUT2D eigenvalue weighted by molar-refractivity contribution is -0.137. The maximum atomic E-state index is 11.1. The molecule has 4 nitrogen and oxygen atoms in total. The number of hydrogen-bond donors (Lipinski definition) is 1. The summed E-state index contributed by atoms with van der Waals surface area (Å²) in [6.07, 6.45) is 0.0862. The van der Waals surface area contributed by atoms with Gasteiger partial charge in [-0.15, -0.1) is 0 Å². The molecule has 13 heavy (non-hydrogen) atoms. The Bertz CT molecular complexity index is 222. The van der Waals surface area contributed by atoms with Crippen molar-refractivity contribution in [3.63, 3.8) is 0 Å². The van der Waals surface area contributed by atoms with Crippen LogP contribution in [0.25, 0.3) is 0 Å². The summed E-state index contributed by atoms with van der Waals surface area (Å²) in [6, 6.07) is 0. The van der Waals surface area contributed by atoms with E-state index in [1.54, 1.807) is 0 Å². The summed E-state index contributed by atoms with van der Waals surface area (Å²) in [6.45, 7) is 7.19. The highest BCUT2D eigenvalue weighted by atomic mass is 28.3. The standard InChI is InChI=1S/C8H14O4Si/c1-6(4-5-7(9)10)8(11)12-13(2)3/h13H,1,4-5H2,2-3H3,(H,9,10). The highest BCUT2D eigenvalue weighted by molar-refractivity contribution is 6.51. The summed E-state index contributed by atoms with van der Waals surface area (Å²) in [5.41, 5.74) is 0.239. The van der Waals surface area contributed by atoms with Crippen molar-refractivity contribution in [1.29, 1.82) is 0 Å². The zero-order valence-electron chi connectivity index (χ0n) is 7.87. The lowest BCUT2D eigenvalue weighted by Gasteiger charge is -2.08. The van der Waals surface area contributed by atoms with Crippen LogP contribution in [0.3, 0.4) is 0 Å². The molecule has 0 aromatic rings. The average molecular weight is 202 g/mol. The van der Waals surface area contributed by atoms with Crippen molar-refractivity contribution in [3.8, 4) is 0 Å². The van der Waals surface area contributed by atoms with Gasteiger partial charge in [0.2, 0.25) is 9.04 Å². The molecule has 0 aliphatic carbocycles. The van der Waals surface area contributed by atoms with Crippen molar-refractivity contribution in [2.75, 3.05) is 0 Å². The molecule has 0 unspecified atom stereocenters. The van der Waals surface area contributed by atoms with Crippen molar-refractivity contribution >= 4 is 21.0 Å². The van der Waals surface area contributed by atoms with Crippen LogP contribution in [0, 0.1) is 0 Å². The normalized spacial score (nSPS) is 9.77. The van der Waals surface area contributed by atoms with E-state index in [4.69, 9.17) is 9.53 Å². The van der Waals surface area contributed by atoms with Gasteiger partial charge in [-0.1, -0.05) is 6.58 Å². The number of carboxylic acids is 1. The van der Waals surface area contributed by atoms with Gasteiger partial charge >= 0.3 is 11.9 Å². The second kappa shape index (κ2) is 5.53. The topological polar surface area (TPSA) is 63.6 Å². The summed E-state index contributed by atoms with van der Waals surface area (Å²) in [4.78, 5) is 21.3. The molecule has 0 aromatic carbocycles. The van der Waals surface area contributed by atoms with E-state index in [0.29, 0.717) is 0 Å². The SMILES string of the molecule is C=C(CCC(=O)O)C(=O)O[SiH](C)C. The van der Waals surface area contributed by atoms with Crippen LogP contribution in [-0.4, -0.2) is 26.1 Å². The van der Waals surface area contributed by atoms with Gasteiger partial charge in [-0.3, -0.25) is 4.79 Å². The first-order valence-electron chi connectivity index (χ1n) is 4.04. The maximum absolute atomic E-state index is 11.1. The molecular weight excluding hydrogens is 188 g/mol. The van der Waals surface area contributed by atoms with Gasteiger partial charge in [0.1, 0.15) is 0 Å². The van der Waals surface area contributed by atoms with Gasteiger partial charge < -0.3 is 9.53 Å². The van der Waals surface area contributed by atoms with Crippen LogP contribution in [0.5, 0.6) is 0 Å². The monoisotopic (exact) mass is 202 g/mol. The van der Waals surface area contributed by atoms with E-state index in [2.05, 4.69) is 6.58 Å². The molecule has 0 aliphatic heterocycles. The zero-order chi connectivity index (χ0) is 10.4. The van der Waals surface area contributed by atoms with Crippen molar-refractivity contribution in [3.05, 3.63) is 12.2 Å². The first-order valence-corrected chi connectivity index (χ1v) is 6.82. The molecule has 0 saturated carbocycles. The third-order valence-electron chi connectivity index (χ3n) is 1.27. The highest BCUT2D eigenvalue weighted by Gasteiger charge is 2.11. The molecule has 0 saturated heterocycles. The molecule has 0 atom stereocenters. The van der Waals surface area contributed by atoms with Crippen LogP contribution in [0.2, 0.25) is 13.1 Å². The van der Waals surface area contributed by atoms with E-state index in [-0.39, 0.29) is 18.4 Å². The summed E-state index contributed by atoms with van der Waals surface area (Å²) < 4.78 is 4.95. The van der Waals surface area contributed by atoms with Crippen LogP contribution in [-0.2, 0) is 14.0 Å². The molecule has 5 heteroatoms. The Kier molecular flexibility index (Phi) is 5.06. The Morgan fingerprint density at radius 2 is 1.92 bits per heavy atom. The highest BCUT2D eigenvalue weighted by Crippen LogP contribution is 2.05. The molecule has 1 N–H and O–H groups in total. The fraction of sp³-hybridized carbons (Fsp3) is 0.500. The molecule has 0 aliphatic rings. The second-order valence-corrected chi connectivity index (χ2v) is 5.28. The predicted octanol–water partition coefficient (Wildman–Crippen LogP) is 0.934. The smallest absolute Gasteiger partial charge is 0.319 e. The van der Waals surface area contributed by atoms with Gasteiger partial charge in [-0.25, -0.2) is 4.79 Å². The van der Waals surface area contributed by atoms with E-state index < -0.39 is 21.0 Å². The Labute approximate surface area is 78.9 Å². The number of carbonyl (C=O) groups excluding carboxylic acids is 1. The largest absolute Gasteiger partial charge is 0.519 e. The average Bonchev–Trinajstić information content (AvgIpc) is 1.98. The van der Waals surface area contributed by atoms with E-state index in [0.717, 1.165) is 0 Å². The molecule has 0 heterocycles. The van der Waals surface area contributed by atoms with Crippen molar-refractivity contribution in [2.45, 2.75) is 25.9 Å². The second-order valence-electron chi connectivity index (χ2n) is 2.95. The molecule has 0 radical (unpaired) electrons. The number of aliphatic carboxylic acids is 1. The fourth-order valence-corrected chi connectivity index (χ4v) is 1.25. The maximum Gasteiger partial charge on any atom is 0.319 e. The summed E-state index contributed by atoms with van der Waals surface area (Å²) >= 11 is 0. The van der Waals surface area contributed by atoms with Gasteiger partial charge in [-0.05, 0) is 19.5 Å². The lowest BCUT2D eigenvalue weighted by Crippen LogP contribution is -2.16. The Morgan fingerprint density at radius 1 is 1.38 bits per heavy atom. The van der Waals surface area contributed by atoms with E-state index in [1.165, 1.54) is 0 Å². The van der Waals surface area contributed by atoms with Crippen LogP contribution < -0.4 is 0 Å². The lowest BCUT2D eigenvalue weighted by atomic mass is 10.2. The zero-order valence-corrected chi connectivity index (χ0v) is 9.03. The van der Waals surface area contributed by atoms with Crippen LogP contribution in [0.4, 0.5) is 0 Å². The molecular formula is C8H14O4Si. The molecule has 74 valence electrons. The Balaban J connectivity index is 3.83. The predicted molar refractivity (Wildman–Crippen MR) is 51.0 cm³/mol. The van der Waals surface area contributed by atoms with Gasteiger partial charge in [0.05, 0.1) is 0 Å². The van der Waals surface area contributed by atoms with E-state index in [9.17, 15) is 9.59 Å². The van der Waals surface area contributed by atoms with Gasteiger partial charge in [0.15, 0.2) is 0 Å². The number of carboxylic acid groups (broad SMARTS) is 1. The molecule has 0 spiro atoms. The third-order valence-corrected chi connectivity index (χ3v) is 1.96. The Morgan fingerprint density at radius 3 is 2.31 bits per heavy atom. The van der Waals surface area contributed by atoms with Crippen molar-refractivity contribution in [1.82, 2.24) is 0 Å². The summed E-state index contributed by atoms with van der Waals surface area (Å²) in [5.74, 6) is -1.39. The quantitative estimate of drug-likeness (QED) is 0.532.